The quantitative estimate of drug-likeness (QED) is 0.902. The molecule has 1 aliphatic rings. The lowest BCUT2D eigenvalue weighted by molar-refractivity contribution is -0.134. The maximum absolute atomic E-state index is 12.0. The molecule has 2 rings (SSSR count). The van der Waals surface area contributed by atoms with Gasteiger partial charge >= 0.3 is 6.03 Å². The van der Waals surface area contributed by atoms with Crippen LogP contribution >= 0.6 is 11.3 Å². The van der Waals surface area contributed by atoms with Crippen LogP contribution in [0.4, 0.5) is 9.80 Å². The van der Waals surface area contributed by atoms with E-state index in [0.29, 0.717) is 13.1 Å². The number of amides is 3. The molecule has 5 nitrogen and oxygen atoms in total. The van der Waals surface area contributed by atoms with Crippen molar-refractivity contribution in [2.24, 2.45) is 5.92 Å². The fourth-order valence-electron chi connectivity index (χ4n) is 2.23. The van der Waals surface area contributed by atoms with Crippen molar-refractivity contribution in [2.75, 3.05) is 32.5 Å². The lowest BCUT2D eigenvalue weighted by Crippen LogP contribution is -2.44. The van der Waals surface area contributed by atoms with E-state index in [-0.39, 0.29) is 17.9 Å². The predicted molar refractivity (Wildman–Crippen MR) is 76.3 cm³/mol. The van der Waals surface area contributed by atoms with Crippen molar-refractivity contribution >= 4 is 28.3 Å². The Morgan fingerprint density at radius 1 is 1.37 bits per heavy atom. The number of nitrogens with one attached hydrogen (secondary N) is 1. The highest BCUT2D eigenvalue weighted by Crippen LogP contribution is 2.21. The van der Waals surface area contributed by atoms with Crippen molar-refractivity contribution < 1.29 is 9.59 Å². The summed E-state index contributed by atoms with van der Waals surface area (Å²) in [6.07, 6.45) is 1.49. The van der Waals surface area contributed by atoms with Crippen LogP contribution in [0, 0.1) is 5.92 Å². The van der Waals surface area contributed by atoms with Crippen molar-refractivity contribution in [1.82, 2.24) is 9.80 Å². The zero-order valence-corrected chi connectivity index (χ0v) is 12.1. The summed E-state index contributed by atoms with van der Waals surface area (Å²) in [6, 6.07) is 3.71. The molecule has 0 aromatic carbocycles. The van der Waals surface area contributed by atoms with Gasteiger partial charge in [-0.25, -0.2) is 4.79 Å². The van der Waals surface area contributed by atoms with Crippen LogP contribution in [0.1, 0.15) is 12.8 Å². The van der Waals surface area contributed by atoms with Gasteiger partial charge < -0.3 is 9.80 Å². The summed E-state index contributed by atoms with van der Waals surface area (Å²) >= 11 is 1.51. The first-order valence-corrected chi connectivity index (χ1v) is 7.26. The molecule has 1 N–H and O–H groups in total. The van der Waals surface area contributed by atoms with Crippen LogP contribution < -0.4 is 5.32 Å². The van der Waals surface area contributed by atoms with Gasteiger partial charge in [0.15, 0.2) is 0 Å². The minimum Gasteiger partial charge on any atom is -0.349 e. The molecule has 2 heterocycles. The van der Waals surface area contributed by atoms with Gasteiger partial charge in [-0.2, -0.15) is 0 Å². The Kier molecular flexibility index (Phi) is 4.42. The number of anilines is 1. The molecule has 0 radical (unpaired) electrons. The second-order valence-corrected chi connectivity index (χ2v) is 5.85. The van der Waals surface area contributed by atoms with Crippen molar-refractivity contribution in [3.8, 4) is 0 Å². The van der Waals surface area contributed by atoms with Crippen LogP contribution in [0.3, 0.4) is 0 Å². The molecule has 0 unspecified atom stereocenters. The average Bonchev–Trinajstić information content (AvgIpc) is 2.90. The fourth-order valence-corrected chi connectivity index (χ4v) is 2.84. The van der Waals surface area contributed by atoms with E-state index in [9.17, 15) is 9.59 Å². The van der Waals surface area contributed by atoms with E-state index in [0.717, 1.165) is 17.8 Å². The molecule has 0 spiro atoms. The van der Waals surface area contributed by atoms with Crippen LogP contribution in [-0.2, 0) is 4.79 Å². The van der Waals surface area contributed by atoms with Gasteiger partial charge in [-0.1, -0.05) is 0 Å². The Morgan fingerprint density at radius 2 is 2.05 bits per heavy atom. The van der Waals surface area contributed by atoms with Crippen LogP contribution in [0.2, 0.25) is 0 Å². The molecule has 1 fully saturated rings. The van der Waals surface area contributed by atoms with Gasteiger partial charge in [-0.15, -0.1) is 11.3 Å². The molecule has 0 atom stereocenters. The molecule has 3 amide bonds. The third-order valence-corrected chi connectivity index (χ3v) is 4.11. The second kappa shape index (κ2) is 6.06. The van der Waals surface area contributed by atoms with E-state index < -0.39 is 0 Å². The van der Waals surface area contributed by atoms with Crippen molar-refractivity contribution in [2.45, 2.75) is 12.8 Å². The highest BCUT2D eigenvalue weighted by atomic mass is 32.1. The minimum atomic E-state index is -0.0711. The smallest absolute Gasteiger partial charge is 0.322 e. The topological polar surface area (TPSA) is 52.7 Å². The number of rotatable bonds is 2. The Labute approximate surface area is 117 Å². The maximum atomic E-state index is 12.0. The lowest BCUT2D eigenvalue weighted by atomic mass is 9.96. The Balaban J connectivity index is 1.83. The molecule has 0 saturated carbocycles. The first kappa shape index (κ1) is 13.9. The molecule has 6 heteroatoms. The molecular formula is C13H19N3O2S. The van der Waals surface area contributed by atoms with E-state index in [1.165, 1.54) is 11.3 Å². The molecule has 1 aromatic heterocycles. The van der Waals surface area contributed by atoms with Crippen LogP contribution in [0.5, 0.6) is 0 Å². The number of carbonyl (C=O) groups excluding carboxylic acids is 2. The normalized spacial score (nSPS) is 16.2. The minimum absolute atomic E-state index is 0.0563. The van der Waals surface area contributed by atoms with Crippen molar-refractivity contribution in [1.29, 1.82) is 0 Å². The molecule has 104 valence electrons. The second-order valence-electron chi connectivity index (χ2n) is 4.90. The standard InChI is InChI=1S/C13H19N3O2S/c1-15(2)12(17)10-5-7-16(8-6-10)13(18)14-11-4-3-9-19-11/h3-4,9-10H,5-8H2,1-2H3,(H,14,18). The molecule has 0 bridgehead atoms. The van der Waals surface area contributed by atoms with E-state index in [2.05, 4.69) is 5.32 Å². The number of likely N-dealkylation sites (tertiary alicyclic amines) is 1. The highest BCUT2D eigenvalue weighted by molar-refractivity contribution is 7.14. The number of piperidine rings is 1. The number of urea groups is 1. The first-order chi connectivity index (χ1) is 9.08. The van der Waals surface area contributed by atoms with E-state index >= 15 is 0 Å². The Morgan fingerprint density at radius 3 is 2.58 bits per heavy atom. The third-order valence-electron chi connectivity index (χ3n) is 3.32. The maximum Gasteiger partial charge on any atom is 0.322 e. The summed E-state index contributed by atoms with van der Waals surface area (Å²) in [7, 11) is 3.55. The van der Waals surface area contributed by atoms with Gasteiger partial charge in [0.1, 0.15) is 0 Å². The van der Waals surface area contributed by atoms with E-state index in [4.69, 9.17) is 0 Å². The largest absolute Gasteiger partial charge is 0.349 e. The predicted octanol–water partition coefficient (Wildman–Crippen LogP) is 2.08. The lowest BCUT2D eigenvalue weighted by Gasteiger charge is -2.32. The number of hydrogen-bond donors (Lipinski definition) is 1. The summed E-state index contributed by atoms with van der Waals surface area (Å²) in [5.41, 5.74) is 0. The van der Waals surface area contributed by atoms with Crippen molar-refractivity contribution in [3.63, 3.8) is 0 Å². The van der Waals surface area contributed by atoms with Gasteiger partial charge in [-0.05, 0) is 30.4 Å². The van der Waals surface area contributed by atoms with Gasteiger partial charge in [-0.3, -0.25) is 10.1 Å². The molecule has 1 aliphatic heterocycles. The number of hydrogen-bond acceptors (Lipinski definition) is 3. The van der Waals surface area contributed by atoms with Gasteiger partial charge in [0, 0.05) is 33.1 Å². The third kappa shape index (κ3) is 3.47. The molecule has 1 aromatic rings. The fraction of sp³-hybridized carbons (Fsp3) is 0.538. The molecule has 19 heavy (non-hydrogen) atoms. The van der Waals surface area contributed by atoms with Crippen LogP contribution in [0.25, 0.3) is 0 Å². The van der Waals surface area contributed by atoms with Gasteiger partial charge in [0.05, 0.1) is 5.00 Å². The zero-order valence-electron chi connectivity index (χ0n) is 11.3. The first-order valence-electron chi connectivity index (χ1n) is 6.38. The average molecular weight is 281 g/mol. The van der Waals surface area contributed by atoms with Crippen LogP contribution in [0.15, 0.2) is 17.5 Å². The summed E-state index contributed by atoms with van der Waals surface area (Å²) in [5, 5.41) is 5.65. The number of carbonyl (C=O) groups is 2. The summed E-state index contributed by atoms with van der Waals surface area (Å²) in [5.74, 6) is 0.221. The number of nitrogens with zero attached hydrogens (tertiary/aromatic N) is 2. The molecule has 0 aliphatic carbocycles. The summed E-state index contributed by atoms with van der Waals surface area (Å²) in [4.78, 5) is 27.2. The summed E-state index contributed by atoms with van der Waals surface area (Å²) in [6.45, 7) is 1.28. The van der Waals surface area contributed by atoms with E-state index in [1.807, 2.05) is 17.5 Å². The SMILES string of the molecule is CN(C)C(=O)C1CCN(C(=O)Nc2cccs2)CC1. The summed E-state index contributed by atoms with van der Waals surface area (Å²) < 4.78 is 0. The van der Waals surface area contributed by atoms with Gasteiger partial charge in [0.2, 0.25) is 5.91 Å². The monoisotopic (exact) mass is 281 g/mol. The zero-order chi connectivity index (χ0) is 13.8. The highest BCUT2D eigenvalue weighted by Gasteiger charge is 2.28. The van der Waals surface area contributed by atoms with Gasteiger partial charge in [0.25, 0.3) is 0 Å². The molecule has 1 saturated heterocycles. The van der Waals surface area contributed by atoms with Crippen LogP contribution in [-0.4, -0.2) is 48.9 Å². The number of thiophene rings is 1. The molecular weight excluding hydrogens is 262 g/mol. The van der Waals surface area contributed by atoms with E-state index in [1.54, 1.807) is 23.9 Å². The Hall–Kier alpha value is -1.56. The Bertz CT molecular complexity index is 437. The van der Waals surface area contributed by atoms with Crippen molar-refractivity contribution in [3.05, 3.63) is 17.5 Å².